The van der Waals surface area contributed by atoms with Crippen molar-refractivity contribution in [3.8, 4) is 11.5 Å². The number of benzene rings is 1. The zero-order chi connectivity index (χ0) is 13.1. The highest BCUT2D eigenvalue weighted by Gasteiger charge is 2.26. The second kappa shape index (κ2) is 5.41. The number of piperidine rings is 1. The fourth-order valence-electron chi connectivity index (χ4n) is 2.97. The van der Waals surface area contributed by atoms with E-state index in [2.05, 4.69) is 30.4 Å². The van der Waals surface area contributed by atoms with Gasteiger partial charge in [-0.1, -0.05) is 13.0 Å². The number of aryl methyl sites for hydroxylation is 1. The van der Waals surface area contributed by atoms with Crippen molar-refractivity contribution in [2.75, 3.05) is 26.3 Å². The van der Waals surface area contributed by atoms with Crippen molar-refractivity contribution < 1.29 is 9.47 Å². The number of hydrogen-bond donors (Lipinski definition) is 1. The first kappa shape index (κ1) is 12.8. The summed E-state index contributed by atoms with van der Waals surface area (Å²) in [5.41, 5.74) is 1.86. The molecule has 19 heavy (non-hydrogen) atoms. The first-order valence-electron chi connectivity index (χ1n) is 7.34. The SMILES string of the molecule is CC1(CCc2ccc3c(c2)OCCO3)CCNCC1. The standard InChI is InChI=1S/C16H23NO2/c1-16(6-8-17-9-7-16)5-4-13-2-3-14-15(12-13)19-11-10-18-14/h2-3,12,17H,4-11H2,1H3. The van der Waals surface area contributed by atoms with E-state index in [0.29, 0.717) is 18.6 Å². The lowest BCUT2D eigenvalue weighted by atomic mass is 9.76. The fourth-order valence-corrected chi connectivity index (χ4v) is 2.97. The Bertz CT molecular complexity index is 438. The highest BCUT2D eigenvalue weighted by atomic mass is 16.6. The van der Waals surface area contributed by atoms with Gasteiger partial charge in [0.25, 0.3) is 0 Å². The lowest BCUT2D eigenvalue weighted by molar-refractivity contribution is 0.171. The third-order valence-electron chi connectivity index (χ3n) is 4.43. The van der Waals surface area contributed by atoms with Crippen LogP contribution in [0.2, 0.25) is 0 Å². The van der Waals surface area contributed by atoms with Gasteiger partial charge in [0.1, 0.15) is 13.2 Å². The Hall–Kier alpha value is -1.22. The Morgan fingerprint density at radius 3 is 2.63 bits per heavy atom. The van der Waals surface area contributed by atoms with Gasteiger partial charge in [0.05, 0.1) is 0 Å². The molecule has 104 valence electrons. The Morgan fingerprint density at radius 2 is 1.84 bits per heavy atom. The maximum Gasteiger partial charge on any atom is 0.161 e. The maximum atomic E-state index is 5.65. The highest BCUT2D eigenvalue weighted by molar-refractivity contribution is 5.43. The van der Waals surface area contributed by atoms with Crippen molar-refractivity contribution in [2.24, 2.45) is 5.41 Å². The minimum atomic E-state index is 0.499. The molecule has 0 spiro atoms. The summed E-state index contributed by atoms with van der Waals surface area (Å²) in [6.07, 6.45) is 4.97. The molecule has 0 aliphatic carbocycles. The summed E-state index contributed by atoms with van der Waals surface area (Å²) < 4.78 is 11.2. The monoisotopic (exact) mass is 261 g/mol. The summed E-state index contributed by atoms with van der Waals surface area (Å²) in [6, 6.07) is 6.38. The number of ether oxygens (including phenoxy) is 2. The van der Waals surface area contributed by atoms with Gasteiger partial charge >= 0.3 is 0 Å². The van der Waals surface area contributed by atoms with E-state index in [1.165, 1.54) is 24.8 Å². The number of fused-ring (bicyclic) bond motifs is 1. The van der Waals surface area contributed by atoms with Crippen LogP contribution in [-0.4, -0.2) is 26.3 Å². The molecule has 3 heteroatoms. The second-order valence-electron chi connectivity index (χ2n) is 6.04. The molecular formula is C16H23NO2. The van der Waals surface area contributed by atoms with Crippen molar-refractivity contribution in [1.29, 1.82) is 0 Å². The normalized spacial score (nSPS) is 21.1. The molecule has 0 aromatic heterocycles. The lowest BCUT2D eigenvalue weighted by Gasteiger charge is -2.34. The number of rotatable bonds is 3. The maximum absolute atomic E-state index is 5.65. The molecule has 0 radical (unpaired) electrons. The molecule has 1 aromatic carbocycles. The molecule has 1 aromatic rings. The van der Waals surface area contributed by atoms with Crippen LogP contribution in [0.3, 0.4) is 0 Å². The smallest absolute Gasteiger partial charge is 0.161 e. The Kier molecular flexibility index (Phi) is 3.65. The molecule has 2 heterocycles. The quantitative estimate of drug-likeness (QED) is 0.907. The average molecular weight is 261 g/mol. The van der Waals surface area contributed by atoms with Gasteiger partial charge in [0, 0.05) is 0 Å². The fraction of sp³-hybridized carbons (Fsp3) is 0.625. The molecule has 3 rings (SSSR count). The van der Waals surface area contributed by atoms with Gasteiger partial charge in [-0.05, 0) is 61.9 Å². The van der Waals surface area contributed by atoms with E-state index in [4.69, 9.17) is 9.47 Å². The molecular weight excluding hydrogens is 238 g/mol. The molecule has 2 aliphatic rings. The third kappa shape index (κ3) is 3.03. The van der Waals surface area contributed by atoms with Crippen LogP contribution in [-0.2, 0) is 6.42 Å². The Balaban J connectivity index is 1.63. The van der Waals surface area contributed by atoms with Crippen LogP contribution in [0.15, 0.2) is 18.2 Å². The molecule has 0 bridgehead atoms. The topological polar surface area (TPSA) is 30.5 Å². The van der Waals surface area contributed by atoms with E-state index in [1.807, 2.05) is 0 Å². The minimum Gasteiger partial charge on any atom is -0.486 e. The zero-order valence-electron chi connectivity index (χ0n) is 11.7. The molecule has 2 aliphatic heterocycles. The van der Waals surface area contributed by atoms with Crippen molar-refractivity contribution in [3.05, 3.63) is 23.8 Å². The summed E-state index contributed by atoms with van der Waals surface area (Å²) >= 11 is 0. The molecule has 3 nitrogen and oxygen atoms in total. The minimum absolute atomic E-state index is 0.499. The van der Waals surface area contributed by atoms with Crippen LogP contribution >= 0.6 is 0 Å². The van der Waals surface area contributed by atoms with Crippen LogP contribution in [0.25, 0.3) is 0 Å². The summed E-state index contributed by atoms with van der Waals surface area (Å²) in [5, 5.41) is 3.44. The highest BCUT2D eigenvalue weighted by Crippen LogP contribution is 2.35. The van der Waals surface area contributed by atoms with Crippen LogP contribution in [0.5, 0.6) is 11.5 Å². The molecule has 1 fully saturated rings. The molecule has 1 N–H and O–H groups in total. The summed E-state index contributed by atoms with van der Waals surface area (Å²) in [6.45, 7) is 6.08. The van der Waals surface area contributed by atoms with Crippen LogP contribution < -0.4 is 14.8 Å². The molecule has 0 unspecified atom stereocenters. The number of hydrogen-bond acceptors (Lipinski definition) is 3. The van der Waals surface area contributed by atoms with Gasteiger partial charge in [0.15, 0.2) is 11.5 Å². The van der Waals surface area contributed by atoms with E-state index >= 15 is 0 Å². The third-order valence-corrected chi connectivity index (χ3v) is 4.43. The lowest BCUT2D eigenvalue weighted by Crippen LogP contribution is -2.35. The van der Waals surface area contributed by atoms with E-state index in [-0.39, 0.29) is 0 Å². The molecule has 0 saturated carbocycles. The van der Waals surface area contributed by atoms with E-state index < -0.39 is 0 Å². The second-order valence-corrected chi connectivity index (χ2v) is 6.04. The van der Waals surface area contributed by atoms with E-state index in [1.54, 1.807) is 0 Å². The van der Waals surface area contributed by atoms with Crippen molar-refractivity contribution in [2.45, 2.75) is 32.6 Å². The average Bonchev–Trinajstić information content (AvgIpc) is 2.46. The molecule has 1 saturated heterocycles. The van der Waals surface area contributed by atoms with Gasteiger partial charge in [-0.15, -0.1) is 0 Å². The van der Waals surface area contributed by atoms with Gasteiger partial charge in [-0.25, -0.2) is 0 Å². The summed E-state index contributed by atoms with van der Waals surface area (Å²) in [4.78, 5) is 0. The number of nitrogens with one attached hydrogen (secondary N) is 1. The zero-order valence-corrected chi connectivity index (χ0v) is 11.7. The van der Waals surface area contributed by atoms with Gasteiger partial charge in [-0.3, -0.25) is 0 Å². The van der Waals surface area contributed by atoms with Gasteiger partial charge in [0.2, 0.25) is 0 Å². The van der Waals surface area contributed by atoms with E-state index in [9.17, 15) is 0 Å². The van der Waals surface area contributed by atoms with Gasteiger partial charge < -0.3 is 14.8 Å². The van der Waals surface area contributed by atoms with E-state index in [0.717, 1.165) is 31.0 Å². The summed E-state index contributed by atoms with van der Waals surface area (Å²) in [5.74, 6) is 1.81. The van der Waals surface area contributed by atoms with Crippen LogP contribution in [0, 0.1) is 5.41 Å². The molecule has 0 atom stereocenters. The van der Waals surface area contributed by atoms with Crippen molar-refractivity contribution in [1.82, 2.24) is 5.32 Å². The van der Waals surface area contributed by atoms with Crippen molar-refractivity contribution in [3.63, 3.8) is 0 Å². The predicted octanol–water partition coefficient (Wildman–Crippen LogP) is 2.78. The first-order chi connectivity index (χ1) is 9.25. The summed E-state index contributed by atoms with van der Waals surface area (Å²) in [7, 11) is 0. The van der Waals surface area contributed by atoms with Crippen molar-refractivity contribution >= 4 is 0 Å². The van der Waals surface area contributed by atoms with Gasteiger partial charge in [-0.2, -0.15) is 0 Å². The Morgan fingerprint density at radius 1 is 1.11 bits per heavy atom. The van der Waals surface area contributed by atoms with Crippen LogP contribution in [0.1, 0.15) is 31.7 Å². The first-order valence-corrected chi connectivity index (χ1v) is 7.34. The largest absolute Gasteiger partial charge is 0.486 e. The van der Waals surface area contributed by atoms with Crippen LogP contribution in [0.4, 0.5) is 0 Å². The molecule has 0 amide bonds. The predicted molar refractivity (Wildman–Crippen MR) is 76.0 cm³/mol. The Labute approximate surface area is 115 Å².